The molecule has 6 heteroatoms. The first-order chi connectivity index (χ1) is 11.2. The number of hydrogen-bond donors (Lipinski definition) is 2. The van der Waals surface area contributed by atoms with Crippen molar-refractivity contribution < 1.29 is 14.6 Å². The summed E-state index contributed by atoms with van der Waals surface area (Å²) in [6, 6.07) is 10.9. The van der Waals surface area contributed by atoms with Gasteiger partial charge in [-0.1, -0.05) is 17.7 Å². The summed E-state index contributed by atoms with van der Waals surface area (Å²) in [5.41, 5.74) is 5.62. The van der Waals surface area contributed by atoms with Gasteiger partial charge in [-0.05, 0) is 35.9 Å². The van der Waals surface area contributed by atoms with Crippen LogP contribution < -0.4 is 14.9 Å². The minimum atomic E-state index is 0.0270. The molecule has 0 fully saturated rings. The van der Waals surface area contributed by atoms with E-state index in [1.54, 1.807) is 18.2 Å². The Bertz CT molecular complexity index is 791. The van der Waals surface area contributed by atoms with E-state index in [1.807, 2.05) is 18.2 Å². The van der Waals surface area contributed by atoms with E-state index in [0.717, 1.165) is 22.8 Å². The number of phenolic OH excluding ortho intramolecular Hbond substituents is 1. The van der Waals surface area contributed by atoms with Crippen LogP contribution in [-0.4, -0.2) is 24.0 Å². The molecule has 4 rings (SSSR count). The fraction of sp³-hybridized carbons (Fsp3) is 0.235. The van der Waals surface area contributed by atoms with Gasteiger partial charge in [-0.25, -0.2) is 0 Å². The number of rotatable bonds is 2. The van der Waals surface area contributed by atoms with Gasteiger partial charge < -0.3 is 20.0 Å². The molecule has 0 aromatic heterocycles. The SMILES string of the molecule is Oc1ccc(Cl)cc1C1=NN[C@H](c2ccc3c(c2)OCCO3)C1. The predicted molar refractivity (Wildman–Crippen MR) is 87.6 cm³/mol. The molecule has 23 heavy (non-hydrogen) atoms. The van der Waals surface area contributed by atoms with Gasteiger partial charge in [0, 0.05) is 17.0 Å². The van der Waals surface area contributed by atoms with Gasteiger partial charge in [0.25, 0.3) is 0 Å². The van der Waals surface area contributed by atoms with Crippen molar-refractivity contribution in [2.45, 2.75) is 12.5 Å². The average Bonchev–Trinajstić information content (AvgIpc) is 3.06. The third-order valence-corrected chi connectivity index (χ3v) is 4.23. The first kappa shape index (κ1) is 14.2. The molecule has 0 unspecified atom stereocenters. The quantitative estimate of drug-likeness (QED) is 0.887. The van der Waals surface area contributed by atoms with Gasteiger partial charge in [0.05, 0.1) is 11.8 Å². The van der Waals surface area contributed by atoms with Gasteiger partial charge in [-0.3, -0.25) is 0 Å². The number of ether oxygens (including phenoxy) is 2. The second-order valence-electron chi connectivity index (χ2n) is 5.51. The van der Waals surface area contributed by atoms with E-state index >= 15 is 0 Å². The van der Waals surface area contributed by atoms with E-state index in [4.69, 9.17) is 21.1 Å². The number of phenols is 1. The fourth-order valence-corrected chi connectivity index (χ4v) is 2.99. The Morgan fingerprint density at radius 3 is 2.78 bits per heavy atom. The number of fused-ring (bicyclic) bond motifs is 1. The maximum atomic E-state index is 10.0. The maximum absolute atomic E-state index is 10.0. The molecule has 2 N–H and O–H groups in total. The lowest BCUT2D eigenvalue weighted by Crippen LogP contribution is -2.16. The summed E-state index contributed by atoms with van der Waals surface area (Å²) in [5, 5.41) is 14.9. The van der Waals surface area contributed by atoms with Gasteiger partial charge in [-0.2, -0.15) is 5.10 Å². The van der Waals surface area contributed by atoms with E-state index in [2.05, 4.69) is 10.5 Å². The van der Waals surface area contributed by atoms with Crippen LogP contribution in [0.25, 0.3) is 0 Å². The van der Waals surface area contributed by atoms with Gasteiger partial charge in [0.1, 0.15) is 19.0 Å². The Kier molecular flexibility index (Phi) is 3.50. The third-order valence-electron chi connectivity index (χ3n) is 3.99. The van der Waals surface area contributed by atoms with Crippen LogP contribution in [0.3, 0.4) is 0 Å². The van der Waals surface area contributed by atoms with Crippen molar-refractivity contribution >= 4 is 17.3 Å². The van der Waals surface area contributed by atoms with Crippen LogP contribution in [0.15, 0.2) is 41.5 Å². The molecule has 0 saturated heterocycles. The minimum Gasteiger partial charge on any atom is -0.507 e. The van der Waals surface area contributed by atoms with E-state index < -0.39 is 0 Å². The topological polar surface area (TPSA) is 63.1 Å². The van der Waals surface area contributed by atoms with E-state index in [-0.39, 0.29) is 11.8 Å². The summed E-state index contributed by atoms with van der Waals surface area (Å²) in [5.74, 6) is 1.71. The van der Waals surface area contributed by atoms with Crippen molar-refractivity contribution in [1.82, 2.24) is 5.43 Å². The lowest BCUT2D eigenvalue weighted by Gasteiger charge is -2.20. The average molecular weight is 331 g/mol. The lowest BCUT2D eigenvalue weighted by molar-refractivity contribution is 0.171. The van der Waals surface area contributed by atoms with Crippen LogP contribution in [0, 0.1) is 0 Å². The summed E-state index contributed by atoms with van der Waals surface area (Å²) in [7, 11) is 0. The van der Waals surface area contributed by atoms with E-state index in [1.165, 1.54) is 0 Å². The zero-order valence-corrected chi connectivity index (χ0v) is 13.0. The monoisotopic (exact) mass is 330 g/mol. The predicted octanol–water partition coefficient (Wildman–Crippen LogP) is 3.26. The van der Waals surface area contributed by atoms with Crippen LogP contribution in [0.5, 0.6) is 17.2 Å². The lowest BCUT2D eigenvalue weighted by atomic mass is 9.98. The molecule has 2 aliphatic heterocycles. The molecule has 2 heterocycles. The summed E-state index contributed by atoms with van der Waals surface area (Å²) < 4.78 is 11.2. The molecule has 0 amide bonds. The van der Waals surface area contributed by atoms with Crippen LogP contribution in [0.1, 0.15) is 23.6 Å². The molecule has 5 nitrogen and oxygen atoms in total. The maximum Gasteiger partial charge on any atom is 0.161 e. The Morgan fingerprint density at radius 1 is 1.09 bits per heavy atom. The normalized spacial score (nSPS) is 19.2. The van der Waals surface area contributed by atoms with Crippen molar-refractivity contribution in [3.63, 3.8) is 0 Å². The third kappa shape index (κ3) is 2.68. The highest BCUT2D eigenvalue weighted by atomic mass is 35.5. The molecular weight excluding hydrogens is 316 g/mol. The highest BCUT2D eigenvalue weighted by Gasteiger charge is 2.24. The number of aromatic hydroxyl groups is 1. The van der Waals surface area contributed by atoms with Gasteiger partial charge in [-0.15, -0.1) is 0 Å². The number of hydrazone groups is 1. The summed E-state index contributed by atoms with van der Waals surface area (Å²) in [4.78, 5) is 0. The Balaban J connectivity index is 1.57. The molecule has 2 aromatic carbocycles. The zero-order chi connectivity index (χ0) is 15.8. The molecule has 118 valence electrons. The second kappa shape index (κ2) is 5.66. The molecule has 0 aliphatic carbocycles. The summed E-state index contributed by atoms with van der Waals surface area (Å²) in [6.45, 7) is 1.14. The number of benzene rings is 2. The molecule has 0 saturated carbocycles. The standard InChI is InChI=1S/C17H15ClN2O3/c18-11-2-3-15(21)12(8-11)14-9-13(19-20-14)10-1-4-16-17(7-10)23-6-5-22-16/h1-4,7-8,13,19,21H,5-6,9H2/t13-/m0/s1. The van der Waals surface area contributed by atoms with Crippen LogP contribution >= 0.6 is 11.6 Å². The fourth-order valence-electron chi connectivity index (χ4n) is 2.82. The van der Waals surface area contributed by atoms with Crippen molar-refractivity contribution in [1.29, 1.82) is 0 Å². The highest BCUT2D eigenvalue weighted by Crippen LogP contribution is 2.35. The largest absolute Gasteiger partial charge is 0.507 e. The number of halogens is 1. The van der Waals surface area contributed by atoms with Crippen LogP contribution in [0.4, 0.5) is 0 Å². The highest BCUT2D eigenvalue weighted by molar-refractivity contribution is 6.31. The number of nitrogens with zero attached hydrogens (tertiary/aromatic N) is 1. The summed E-state index contributed by atoms with van der Waals surface area (Å²) >= 11 is 6.01. The number of hydrogen-bond acceptors (Lipinski definition) is 5. The van der Waals surface area contributed by atoms with Crippen LogP contribution in [0.2, 0.25) is 5.02 Å². The smallest absolute Gasteiger partial charge is 0.161 e. The molecule has 2 aromatic rings. The number of nitrogens with one attached hydrogen (secondary N) is 1. The molecule has 0 bridgehead atoms. The molecule has 2 aliphatic rings. The van der Waals surface area contributed by atoms with Crippen molar-refractivity contribution in [3.05, 3.63) is 52.5 Å². The second-order valence-corrected chi connectivity index (χ2v) is 5.95. The first-order valence-electron chi connectivity index (χ1n) is 7.41. The van der Waals surface area contributed by atoms with E-state index in [9.17, 15) is 5.11 Å². The van der Waals surface area contributed by atoms with E-state index in [0.29, 0.717) is 30.2 Å². The van der Waals surface area contributed by atoms with Crippen LogP contribution in [-0.2, 0) is 0 Å². The Hall–Kier alpha value is -2.40. The van der Waals surface area contributed by atoms with Crippen molar-refractivity contribution in [3.8, 4) is 17.2 Å². The van der Waals surface area contributed by atoms with Gasteiger partial charge in [0.15, 0.2) is 11.5 Å². The molecular formula is C17H15ClN2O3. The van der Waals surface area contributed by atoms with Crippen molar-refractivity contribution in [2.24, 2.45) is 5.10 Å². The minimum absolute atomic E-state index is 0.0270. The summed E-state index contributed by atoms with van der Waals surface area (Å²) in [6.07, 6.45) is 0.660. The Labute approximate surface area is 138 Å². The Morgan fingerprint density at radius 2 is 1.91 bits per heavy atom. The zero-order valence-electron chi connectivity index (χ0n) is 12.3. The van der Waals surface area contributed by atoms with Gasteiger partial charge in [0.2, 0.25) is 0 Å². The van der Waals surface area contributed by atoms with Crippen molar-refractivity contribution in [2.75, 3.05) is 13.2 Å². The molecule has 0 spiro atoms. The molecule has 1 atom stereocenters. The molecule has 0 radical (unpaired) electrons. The first-order valence-corrected chi connectivity index (χ1v) is 7.79. The van der Waals surface area contributed by atoms with Gasteiger partial charge >= 0.3 is 0 Å².